The molecule has 2 amide bonds. The van der Waals surface area contributed by atoms with Crippen molar-refractivity contribution in [3.05, 3.63) is 0 Å². The molecule has 7 nitrogen and oxygen atoms in total. The molecule has 0 unspecified atom stereocenters. The Morgan fingerprint density at radius 3 is 2.04 bits per heavy atom. The van der Waals surface area contributed by atoms with Crippen LogP contribution in [0, 0.1) is 0 Å². The summed E-state index contributed by atoms with van der Waals surface area (Å²) in [5, 5.41) is -0.104. The number of imide groups is 1. The highest BCUT2D eigenvalue weighted by Gasteiger charge is 2.52. The maximum Gasteiger partial charge on any atom is 0.417 e. The summed E-state index contributed by atoms with van der Waals surface area (Å²) in [4.78, 5) is 38.1. The summed E-state index contributed by atoms with van der Waals surface area (Å²) in [6.45, 7) is 15.3. The molecular weight excluding hydrogens is 342 g/mol. The molecule has 0 spiro atoms. The summed E-state index contributed by atoms with van der Waals surface area (Å²) >= 11 is 0. The fourth-order valence-corrected chi connectivity index (χ4v) is 3.48. The Morgan fingerprint density at radius 1 is 1.12 bits per heavy atom. The second-order valence-corrected chi connectivity index (χ2v) is 13.6. The first-order valence-electron chi connectivity index (χ1n) is 8.42. The maximum atomic E-state index is 12.8. The Morgan fingerprint density at radius 2 is 1.64 bits per heavy atom. The highest BCUT2D eigenvalue weighted by Crippen LogP contribution is 2.39. The summed E-state index contributed by atoms with van der Waals surface area (Å²) in [5.41, 5.74) is -0.781. The molecule has 0 aromatic rings. The van der Waals surface area contributed by atoms with Crippen LogP contribution in [0.1, 0.15) is 48.0 Å². The first kappa shape index (κ1) is 21.6. The lowest BCUT2D eigenvalue weighted by Crippen LogP contribution is -2.48. The van der Waals surface area contributed by atoms with Crippen molar-refractivity contribution in [2.45, 2.75) is 83.8 Å². The molecule has 0 bridgehead atoms. The van der Waals surface area contributed by atoms with E-state index in [1.807, 2.05) is 13.1 Å². The Labute approximate surface area is 151 Å². The van der Waals surface area contributed by atoms with Gasteiger partial charge in [0.25, 0.3) is 5.91 Å². The number of likely N-dealkylation sites (tertiary alicyclic amines) is 1. The van der Waals surface area contributed by atoms with Gasteiger partial charge in [-0.15, -0.1) is 0 Å². The zero-order valence-electron chi connectivity index (χ0n) is 16.8. The van der Waals surface area contributed by atoms with E-state index >= 15 is 0 Å². The van der Waals surface area contributed by atoms with Crippen LogP contribution in [0.2, 0.25) is 18.1 Å². The number of esters is 1. The number of ether oxygens (including phenoxy) is 2. The average molecular weight is 374 g/mol. The fourth-order valence-electron chi connectivity index (χ4n) is 2.21. The van der Waals surface area contributed by atoms with Gasteiger partial charge in [-0.05, 0) is 38.9 Å². The van der Waals surface area contributed by atoms with Crippen LogP contribution in [0.15, 0.2) is 0 Å². The molecule has 0 N–H and O–H groups in total. The van der Waals surface area contributed by atoms with E-state index in [9.17, 15) is 14.4 Å². The van der Waals surface area contributed by atoms with Gasteiger partial charge in [0.1, 0.15) is 17.7 Å². The number of carbonyl (C=O) groups is 3. The number of amides is 2. The van der Waals surface area contributed by atoms with Crippen molar-refractivity contribution < 1.29 is 28.3 Å². The molecule has 0 aromatic heterocycles. The summed E-state index contributed by atoms with van der Waals surface area (Å²) < 4.78 is 16.2. The van der Waals surface area contributed by atoms with Crippen LogP contribution in [0.3, 0.4) is 0 Å². The topological polar surface area (TPSA) is 82.1 Å². The first-order valence-corrected chi connectivity index (χ1v) is 11.3. The van der Waals surface area contributed by atoms with Crippen LogP contribution in [0.25, 0.3) is 0 Å². The Balaban J connectivity index is 3.09. The molecule has 1 heterocycles. The monoisotopic (exact) mass is 373 g/mol. The Kier molecular flexibility index (Phi) is 6.12. The highest BCUT2D eigenvalue weighted by molar-refractivity contribution is 6.74. The predicted molar refractivity (Wildman–Crippen MR) is 95.6 cm³/mol. The summed E-state index contributed by atoms with van der Waals surface area (Å²) in [7, 11) is -1.02. The van der Waals surface area contributed by atoms with Gasteiger partial charge < -0.3 is 13.9 Å². The standard InChI is InChI=1S/C17H31NO6Si/c1-16(2,3)23-15(21)18-11(14(20)22-7)10-12(13(18)19)24-25(8,9)17(4,5)6/h11-12H,10H2,1-9H3/t11-,12-/m1/s1. The lowest BCUT2D eigenvalue weighted by atomic mass is 10.2. The third-order valence-corrected chi connectivity index (χ3v) is 9.05. The van der Waals surface area contributed by atoms with E-state index < -0.39 is 44.0 Å². The van der Waals surface area contributed by atoms with Crippen molar-refractivity contribution in [2.75, 3.05) is 7.11 Å². The quantitative estimate of drug-likeness (QED) is 0.558. The molecule has 8 heteroatoms. The van der Waals surface area contributed by atoms with E-state index in [1.54, 1.807) is 20.8 Å². The van der Waals surface area contributed by atoms with Crippen molar-refractivity contribution in [1.29, 1.82) is 0 Å². The van der Waals surface area contributed by atoms with Gasteiger partial charge in [-0.2, -0.15) is 0 Å². The van der Waals surface area contributed by atoms with Crippen LogP contribution in [-0.2, 0) is 23.5 Å². The number of methoxy groups -OCH3 is 1. The predicted octanol–water partition coefficient (Wildman–Crippen LogP) is 3.09. The Bertz CT molecular complexity index is 546. The van der Waals surface area contributed by atoms with E-state index in [4.69, 9.17) is 13.9 Å². The van der Waals surface area contributed by atoms with E-state index in [-0.39, 0.29) is 11.5 Å². The lowest BCUT2D eigenvalue weighted by Gasteiger charge is -2.37. The van der Waals surface area contributed by atoms with E-state index in [0.29, 0.717) is 0 Å². The van der Waals surface area contributed by atoms with Crippen LogP contribution < -0.4 is 0 Å². The van der Waals surface area contributed by atoms with Gasteiger partial charge in [-0.3, -0.25) is 4.79 Å². The molecule has 1 aliphatic rings. The van der Waals surface area contributed by atoms with Crippen LogP contribution in [-0.4, -0.2) is 56.0 Å². The molecule has 1 saturated heterocycles. The molecule has 0 saturated carbocycles. The van der Waals surface area contributed by atoms with E-state index in [0.717, 1.165) is 4.90 Å². The molecule has 0 aromatic carbocycles. The fraction of sp³-hybridized carbons (Fsp3) is 0.824. The molecule has 2 atom stereocenters. The molecule has 0 radical (unpaired) electrons. The maximum absolute atomic E-state index is 12.8. The molecule has 1 fully saturated rings. The van der Waals surface area contributed by atoms with E-state index in [2.05, 4.69) is 20.8 Å². The number of nitrogens with zero attached hydrogens (tertiary/aromatic N) is 1. The smallest absolute Gasteiger partial charge is 0.417 e. The SMILES string of the molecule is COC(=O)[C@H]1C[C@@H](O[Si](C)(C)C(C)(C)C)C(=O)N1C(=O)OC(C)(C)C. The van der Waals surface area contributed by atoms with E-state index in [1.165, 1.54) is 7.11 Å². The minimum atomic E-state index is -2.25. The van der Waals surface area contributed by atoms with Gasteiger partial charge in [-0.25, -0.2) is 14.5 Å². The lowest BCUT2D eigenvalue weighted by molar-refractivity contribution is -0.149. The summed E-state index contributed by atoms with van der Waals surface area (Å²) in [6.07, 6.45) is -1.62. The van der Waals surface area contributed by atoms with Gasteiger partial charge in [0.05, 0.1) is 7.11 Å². The summed E-state index contributed by atoms with van der Waals surface area (Å²) in [5.74, 6) is -1.20. The minimum Gasteiger partial charge on any atom is -0.467 e. The van der Waals surface area contributed by atoms with Crippen molar-refractivity contribution in [3.63, 3.8) is 0 Å². The van der Waals surface area contributed by atoms with Crippen molar-refractivity contribution in [2.24, 2.45) is 0 Å². The molecule has 0 aliphatic carbocycles. The molecule has 1 aliphatic heterocycles. The highest BCUT2D eigenvalue weighted by atomic mass is 28.4. The number of rotatable bonds is 3. The minimum absolute atomic E-state index is 0.0806. The zero-order chi connectivity index (χ0) is 19.8. The number of hydrogen-bond donors (Lipinski definition) is 0. The second-order valence-electron chi connectivity index (χ2n) is 8.83. The largest absolute Gasteiger partial charge is 0.467 e. The second kappa shape index (κ2) is 7.07. The first-order chi connectivity index (χ1) is 11.1. The van der Waals surface area contributed by atoms with Crippen molar-refractivity contribution in [3.8, 4) is 0 Å². The normalized spacial score (nSPS) is 22.1. The number of hydrogen-bond acceptors (Lipinski definition) is 6. The molecule has 25 heavy (non-hydrogen) atoms. The van der Waals surface area contributed by atoms with Crippen molar-refractivity contribution in [1.82, 2.24) is 4.90 Å². The molecule has 144 valence electrons. The van der Waals surface area contributed by atoms with Gasteiger partial charge in [0.2, 0.25) is 0 Å². The number of carbonyl (C=O) groups excluding carboxylic acids is 3. The van der Waals surface area contributed by atoms with Crippen molar-refractivity contribution >= 4 is 26.3 Å². The molecule has 1 rings (SSSR count). The van der Waals surface area contributed by atoms with Gasteiger partial charge in [0.15, 0.2) is 8.32 Å². The molecular formula is C17H31NO6Si. The van der Waals surface area contributed by atoms with Gasteiger partial charge in [0, 0.05) is 6.42 Å². The van der Waals surface area contributed by atoms with Gasteiger partial charge >= 0.3 is 12.1 Å². The summed E-state index contributed by atoms with van der Waals surface area (Å²) in [6, 6.07) is -1.03. The van der Waals surface area contributed by atoms with Gasteiger partial charge in [-0.1, -0.05) is 20.8 Å². The van der Waals surface area contributed by atoms with Crippen LogP contribution >= 0.6 is 0 Å². The van der Waals surface area contributed by atoms with Crippen LogP contribution in [0.5, 0.6) is 0 Å². The average Bonchev–Trinajstić information content (AvgIpc) is 2.71. The Hall–Kier alpha value is -1.41. The zero-order valence-corrected chi connectivity index (χ0v) is 17.8. The third kappa shape index (κ3) is 5.04. The van der Waals surface area contributed by atoms with Crippen LogP contribution in [0.4, 0.5) is 4.79 Å². The third-order valence-electron chi connectivity index (χ3n) is 4.57.